The van der Waals surface area contributed by atoms with Crippen LogP contribution in [0.1, 0.15) is 27.2 Å². The highest BCUT2D eigenvalue weighted by atomic mass is 16.5. The van der Waals surface area contributed by atoms with Crippen LogP contribution >= 0.6 is 0 Å². The van der Waals surface area contributed by atoms with Crippen molar-refractivity contribution >= 4 is 11.4 Å². The summed E-state index contributed by atoms with van der Waals surface area (Å²) in [5, 5.41) is 0. The highest BCUT2D eigenvalue weighted by Crippen LogP contribution is 2.37. The summed E-state index contributed by atoms with van der Waals surface area (Å²) in [5.74, 6) is 2.02. The van der Waals surface area contributed by atoms with Crippen LogP contribution < -0.4 is 20.1 Å². The molecule has 0 bridgehead atoms. The first-order valence-electron chi connectivity index (χ1n) is 6.83. The largest absolute Gasteiger partial charge is 0.493 e. The Kier molecular flexibility index (Phi) is 5.80. The molecule has 0 aromatic heterocycles. The van der Waals surface area contributed by atoms with E-state index in [0.29, 0.717) is 17.4 Å². The second-order valence-electron chi connectivity index (χ2n) is 4.82. The van der Waals surface area contributed by atoms with Crippen LogP contribution in [0.4, 0.5) is 11.4 Å². The van der Waals surface area contributed by atoms with Crippen molar-refractivity contribution in [3.05, 3.63) is 12.1 Å². The third kappa shape index (κ3) is 3.69. The number of nitrogens with zero attached hydrogens (tertiary/aromatic N) is 1. The van der Waals surface area contributed by atoms with Gasteiger partial charge in [0, 0.05) is 25.2 Å². The molecule has 1 rings (SSSR count). The van der Waals surface area contributed by atoms with Gasteiger partial charge in [-0.15, -0.1) is 0 Å². The van der Waals surface area contributed by atoms with Crippen LogP contribution in [0.3, 0.4) is 0 Å². The van der Waals surface area contributed by atoms with Gasteiger partial charge in [-0.3, -0.25) is 0 Å². The van der Waals surface area contributed by atoms with E-state index in [0.717, 1.165) is 30.9 Å². The number of anilines is 2. The zero-order valence-electron chi connectivity index (χ0n) is 12.7. The van der Waals surface area contributed by atoms with Crippen LogP contribution in [-0.4, -0.2) is 27.3 Å². The van der Waals surface area contributed by atoms with Crippen molar-refractivity contribution in [3.63, 3.8) is 0 Å². The smallest absolute Gasteiger partial charge is 0.162 e. The van der Waals surface area contributed by atoms with E-state index >= 15 is 0 Å². The van der Waals surface area contributed by atoms with E-state index in [1.54, 1.807) is 14.2 Å². The number of ether oxygens (including phenoxy) is 2. The number of nitrogens with two attached hydrogens (primary N) is 1. The minimum Gasteiger partial charge on any atom is -0.493 e. The lowest BCUT2D eigenvalue weighted by molar-refractivity contribution is 0.355. The number of benzene rings is 1. The molecule has 1 unspecified atom stereocenters. The number of methoxy groups -OCH3 is 2. The molecule has 1 atom stereocenters. The van der Waals surface area contributed by atoms with Crippen LogP contribution in [0, 0.1) is 5.92 Å². The Bertz CT molecular complexity index is 407. The zero-order chi connectivity index (χ0) is 14.4. The van der Waals surface area contributed by atoms with E-state index in [1.807, 2.05) is 12.1 Å². The molecule has 0 saturated heterocycles. The maximum Gasteiger partial charge on any atom is 0.162 e. The van der Waals surface area contributed by atoms with Crippen LogP contribution in [0.2, 0.25) is 0 Å². The van der Waals surface area contributed by atoms with Crippen LogP contribution in [-0.2, 0) is 0 Å². The summed E-state index contributed by atoms with van der Waals surface area (Å²) >= 11 is 0. The van der Waals surface area contributed by atoms with E-state index in [4.69, 9.17) is 15.2 Å². The Morgan fingerprint density at radius 1 is 1.16 bits per heavy atom. The third-order valence-electron chi connectivity index (χ3n) is 3.48. The van der Waals surface area contributed by atoms with E-state index in [1.165, 1.54) is 0 Å². The SMILES string of the molecule is CCC(C)CN(CC)c1cc(OC)c(OC)cc1N. The molecule has 0 saturated carbocycles. The highest BCUT2D eigenvalue weighted by molar-refractivity contribution is 5.73. The molecule has 4 heteroatoms. The first kappa shape index (κ1) is 15.5. The van der Waals surface area contributed by atoms with Crippen molar-refractivity contribution < 1.29 is 9.47 Å². The van der Waals surface area contributed by atoms with Gasteiger partial charge >= 0.3 is 0 Å². The van der Waals surface area contributed by atoms with Crippen molar-refractivity contribution in [2.75, 3.05) is 37.9 Å². The molecule has 108 valence electrons. The minimum absolute atomic E-state index is 0.632. The predicted molar refractivity (Wildman–Crippen MR) is 81.3 cm³/mol. The average Bonchev–Trinajstić information content (AvgIpc) is 2.44. The van der Waals surface area contributed by atoms with E-state index < -0.39 is 0 Å². The van der Waals surface area contributed by atoms with E-state index in [-0.39, 0.29) is 0 Å². The van der Waals surface area contributed by atoms with E-state index in [9.17, 15) is 0 Å². The standard InChI is InChI=1S/C15H26N2O2/c1-6-11(3)10-17(7-2)13-9-15(19-5)14(18-4)8-12(13)16/h8-9,11H,6-7,10,16H2,1-5H3. The molecule has 0 aliphatic rings. The molecule has 0 heterocycles. The maximum absolute atomic E-state index is 6.14. The Labute approximate surface area is 116 Å². The molecule has 0 amide bonds. The number of rotatable bonds is 7. The Morgan fingerprint density at radius 3 is 2.21 bits per heavy atom. The van der Waals surface area contributed by atoms with Gasteiger partial charge < -0.3 is 20.1 Å². The zero-order valence-corrected chi connectivity index (χ0v) is 12.7. The second-order valence-corrected chi connectivity index (χ2v) is 4.82. The van der Waals surface area contributed by atoms with Gasteiger partial charge in [0.15, 0.2) is 11.5 Å². The lowest BCUT2D eigenvalue weighted by Crippen LogP contribution is -2.28. The van der Waals surface area contributed by atoms with Gasteiger partial charge in [0.1, 0.15) is 0 Å². The van der Waals surface area contributed by atoms with Gasteiger partial charge in [-0.25, -0.2) is 0 Å². The fourth-order valence-electron chi connectivity index (χ4n) is 2.06. The molecular formula is C15H26N2O2. The van der Waals surface area contributed by atoms with Crippen LogP contribution in [0.15, 0.2) is 12.1 Å². The molecule has 0 aliphatic heterocycles. The summed E-state index contributed by atoms with van der Waals surface area (Å²) in [4.78, 5) is 2.28. The van der Waals surface area contributed by atoms with Crippen molar-refractivity contribution in [2.24, 2.45) is 5.92 Å². The van der Waals surface area contributed by atoms with Crippen LogP contribution in [0.5, 0.6) is 11.5 Å². The molecule has 1 aromatic rings. The van der Waals surface area contributed by atoms with Crippen molar-refractivity contribution in [1.29, 1.82) is 0 Å². The summed E-state index contributed by atoms with van der Waals surface area (Å²) in [6.07, 6.45) is 1.16. The number of hydrogen-bond acceptors (Lipinski definition) is 4. The van der Waals surface area contributed by atoms with Crippen LogP contribution in [0.25, 0.3) is 0 Å². The second kappa shape index (κ2) is 7.12. The Hall–Kier alpha value is -1.58. The molecular weight excluding hydrogens is 240 g/mol. The summed E-state index contributed by atoms with van der Waals surface area (Å²) in [7, 11) is 3.26. The lowest BCUT2D eigenvalue weighted by Gasteiger charge is -2.28. The van der Waals surface area contributed by atoms with Crippen molar-refractivity contribution in [1.82, 2.24) is 0 Å². The monoisotopic (exact) mass is 266 g/mol. The molecule has 2 N–H and O–H groups in total. The fourth-order valence-corrected chi connectivity index (χ4v) is 2.06. The van der Waals surface area contributed by atoms with Gasteiger partial charge in [-0.1, -0.05) is 20.3 Å². The minimum atomic E-state index is 0.632. The normalized spacial score (nSPS) is 12.1. The molecule has 0 spiro atoms. The first-order valence-corrected chi connectivity index (χ1v) is 6.83. The third-order valence-corrected chi connectivity index (χ3v) is 3.48. The maximum atomic E-state index is 6.14. The number of hydrogen-bond donors (Lipinski definition) is 1. The van der Waals surface area contributed by atoms with Gasteiger partial charge in [-0.2, -0.15) is 0 Å². The van der Waals surface area contributed by atoms with Gasteiger partial charge in [0.05, 0.1) is 25.6 Å². The van der Waals surface area contributed by atoms with Gasteiger partial charge in [0.2, 0.25) is 0 Å². The Balaban J connectivity index is 3.09. The Morgan fingerprint density at radius 2 is 1.74 bits per heavy atom. The molecule has 0 radical (unpaired) electrons. The quantitative estimate of drug-likeness (QED) is 0.770. The molecule has 1 aromatic carbocycles. The van der Waals surface area contributed by atoms with Gasteiger partial charge in [-0.05, 0) is 12.8 Å². The topological polar surface area (TPSA) is 47.7 Å². The highest BCUT2D eigenvalue weighted by Gasteiger charge is 2.15. The van der Waals surface area contributed by atoms with Crippen molar-refractivity contribution in [2.45, 2.75) is 27.2 Å². The molecule has 0 fully saturated rings. The van der Waals surface area contributed by atoms with E-state index in [2.05, 4.69) is 25.7 Å². The summed E-state index contributed by atoms with van der Waals surface area (Å²) in [5.41, 5.74) is 7.88. The van der Waals surface area contributed by atoms with Gasteiger partial charge in [0.25, 0.3) is 0 Å². The predicted octanol–water partition coefficient (Wildman–Crippen LogP) is 3.16. The molecule has 4 nitrogen and oxygen atoms in total. The fraction of sp³-hybridized carbons (Fsp3) is 0.600. The molecule has 0 aliphatic carbocycles. The number of nitrogen functional groups attached to an aromatic ring is 1. The summed E-state index contributed by atoms with van der Waals surface area (Å²) < 4.78 is 10.6. The first-order chi connectivity index (χ1) is 9.07. The lowest BCUT2D eigenvalue weighted by atomic mass is 10.1. The molecule has 19 heavy (non-hydrogen) atoms. The summed E-state index contributed by atoms with van der Waals surface area (Å²) in [6.45, 7) is 8.51. The summed E-state index contributed by atoms with van der Waals surface area (Å²) in [6, 6.07) is 3.79. The van der Waals surface area contributed by atoms with Crippen molar-refractivity contribution in [3.8, 4) is 11.5 Å². The average molecular weight is 266 g/mol.